The molecule has 1 amide bonds. The topological polar surface area (TPSA) is 46.9 Å². The van der Waals surface area contributed by atoms with E-state index in [1.807, 2.05) is 60.1 Å². The van der Waals surface area contributed by atoms with Crippen LogP contribution in [0.25, 0.3) is 0 Å². The van der Waals surface area contributed by atoms with Gasteiger partial charge >= 0.3 is 0 Å². The summed E-state index contributed by atoms with van der Waals surface area (Å²) in [7, 11) is 0. The fourth-order valence-corrected chi connectivity index (χ4v) is 3.66. The number of carbonyl (C=O) groups excluding carboxylic acids is 1. The molecule has 0 atom stereocenters. The fraction of sp³-hybridized carbons (Fsp3) is 0.238. The van der Waals surface area contributed by atoms with E-state index < -0.39 is 0 Å². The highest BCUT2D eigenvalue weighted by molar-refractivity contribution is 7.99. The number of thioether (sulfide) groups is 1. The molecule has 3 aromatic rings. The van der Waals surface area contributed by atoms with E-state index in [9.17, 15) is 4.79 Å². The Bertz CT molecular complexity index is 878. The molecule has 6 heteroatoms. The van der Waals surface area contributed by atoms with Crippen LogP contribution in [0.5, 0.6) is 0 Å². The van der Waals surface area contributed by atoms with Gasteiger partial charge in [0, 0.05) is 22.4 Å². The number of nitrogens with zero attached hydrogens (tertiary/aromatic N) is 2. The van der Waals surface area contributed by atoms with Crippen molar-refractivity contribution in [2.45, 2.75) is 31.2 Å². The second-order valence-electron chi connectivity index (χ2n) is 6.27. The summed E-state index contributed by atoms with van der Waals surface area (Å²) in [6.45, 7) is 2.57. The molecule has 0 aliphatic heterocycles. The number of nitrogens with one attached hydrogen (secondary N) is 1. The largest absolute Gasteiger partial charge is 0.311 e. The summed E-state index contributed by atoms with van der Waals surface area (Å²) < 4.78 is 1.84. The third-order valence-electron chi connectivity index (χ3n) is 3.98. The number of aryl methyl sites for hydroxylation is 1. The van der Waals surface area contributed by atoms with Crippen LogP contribution in [0.15, 0.2) is 65.6 Å². The van der Waals surface area contributed by atoms with Crippen LogP contribution < -0.4 is 5.32 Å². The standard InChI is InChI=1S/C21H22ClN3OS/c1-16-14-20(25(24-16)15-17-6-3-2-4-7-17)23-21(26)8-5-13-27-19-11-9-18(22)10-12-19/h2-4,6-7,9-12,14H,5,8,13,15H2,1H3,(H,23,26). The average Bonchev–Trinajstić information content (AvgIpc) is 3.00. The van der Waals surface area contributed by atoms with Crippen LogP contribution in [-0.4, -0.2) is 21.4 Å². The summed E-state index contributed by atoms with van der Waals surface area (Å²) in [4.78, 5) is 13.5. The van der Waals surface area contributed by atoms with E-state index in [0.29, 0.717) is 13.0 Å². The number of anilines is 1. The Hall–Kier alpha value is -2.24. The van der Waals surface area contributed by atoms with Gasteiger partial charge in [-0.15, -0.1) is 11.8 Å². The van der Waals surface area contributed by atoms with Gasteiger partial charge in [0.05, 0.1) is 12.2 Å². The molecule has 0 aliphatic carbocycles. The normalized spacial score (nSPS) is 10.7. The number of carbonyl (C=O) groups is 1. The molecule has 0 unspecified atom stereocenters. The molecule has 0 radical (unpaired) electrons. The minimum Gasteiger partial charge on any atom is -0.311 e. The number of amides is 1. The summed E-state index contributed by atoms with van der Waals surface area (Å²) in [5.41, 5.74) is 2.04. The van der Waals surface area contributed by atoms with E-state index in [4.69, 9.17) is 11.6 Å². The van der Waals surface area contributed by atoms with Gasteiger partial charge in [0.25, 0.3) is 0 Å². The maximum atomic E-state index is 12.3. The third-order valence-corrected chi connectivity index (χ3v) is 5.33. The zero-order chi connectivity index (χ0) is 19.1. The van der Waals surface area contributed by atoms with Gasteiger partial charge in [-0.1, -0.05) is 41.9 Å². The van der Waals surface area contributed by atoms with Gasteiger partial charge in [-0.05, 0) is 48.9 Å². The van der Waals surface area contributed by atoms with Gasteiger partial charge < -0.3 is 5.32 Å². The second kappa shape index (κ2) is 9.62. The molecular formula is C21H22ClN3OS. The van der Waals surface area contributed by atoms with E-state index in [1.165, 1.54) is 0 Å². The molecule has 1 N–H and O–H groups in total. The van der Waals surface area contributed by atoms with Gasteiger partial charge in [-0.2, -0.15) is 5.10 Å². The lowest BCUT2D eigenvalue weighted by molar-refractivity contribution is -0.116. The fourth-order valence-electron chi connectivity index (χ4n) is 2.68. The van der Waals surface area contributed by atoms with Gasteiger partial charge in [0.2, 0.25) is 5.91 Å². The second-order valence-corrected chi connectivity index (χ2v) is 7.87. The lowest BCUT2D eigenvalue weighted by Crippen LogP contribution is -2.16. The Morgan fingerprint density at radius 3 is 2.63 bits per heavy atom. The molecule has 0 fully saturated rings. The van der Waals surface area contributed by atoms with Crippen LogP contribution in [0.1, 0.15) is 24.1 Å². The predicted octanol–water partition coefficient (Wildman–Crippen LogP) is 5.40. The van der Waals surface area contributed by atoms with Crippen molar-refractivity contribution < 1.29 is 4.79 Å². The highest BCUT2D eigenvalue weighted by atomic mass is 35.5. The van der Waals surface area contributed by atoms with Crippen molar-refractivity contribution in [1.82, 2.24) is 9.78 Å². The van der Waals surface area contributed by atoms with Gasteiger partial charge in [-0.3, -0.25) is 4.79 Å². The number of hydrogen-bond acceptors (Lipinski definition) is 3. The van der Waals surface area contributed by atoms with Crippen molar-refractivity contribution in [2.75, 3.05) is 11.1 Å². The molecule has 27 heavy (non-hydrogen) atoms. The number of benzene rings is 2. The Labute approximate surface area is 168 Å². The minimum atomic E-state index is 0.0147. The number of rotatable bonds is 8. The van der Waals surface area contributed by atoms with Crippen molar-refractivity contribution >= 4 is 35.1 Å². The van der Waals surface area contributed by atoms with Crippen LogP contribution in [-0.2, 0) is 11.3 Å². The van der Waals surface area contributed by atoms with Crippen LogP contribution >= 0.6 is 23.4 Å². The summed E-state index contributed by atoms with van der Waals surface area (Å²) in [5, 5.41) is 8.22. The van der Waals surface area contributed by atoms with Crippen molar-refractivity contribution in [3.05, 3.63) is 76.9 Å². The molecule has 140 valence electrons. The Balaban J connectivity index is 1.48. The average molecular weight is 400 g/mol. The summed E-state index contributed by atoms with van der Waals surface area (Å²) in [6.07, 6.45) is 1.29. The van der Waals surface area contributed by atoms with E-state index in [1.54, 1.807) is 11.8 Å². The molecule has 2 aromatic carbocycles. The van der Waals surface area contributed by atoms with Gasteiger partial charge in [0.1, 0.15) is 5.82 Å². The molecule has 1 heterocycles. The lowest BCUT2D eigenvalue weighted by Gasteiger charge is -2.09. The number of halogens is 1. The van der Waals surface area contributed by atoms with Crippen molar-refractivity contribution in [1.29, 1.82) is 0 Å². The van der Waals surface area contributed by atoms with Gasteiger partial charge in [-0.25, -0.2) is 4.68 Å². The van der Waals surface area contributed by atoms with Crippen LogP contribution in [0.3, 0.4) is 0 Å². The number of hydrogen-bond donors (Lipinski definition) is 1. The monoisotopic (exact) mass is 399 g/mol. The summed E-state index contributed by atoms with van der Waals surface area (Å²) in [6, 6.07) is 19.8. The van der Waals surface area contributed by atoms with Crippen LogP contribution in [0.2, 0.25) is 5.02 Å². The molecule has 0 aliphatic rings. The quantitative estimate of drug-likeness (QED) is 0.407. The first-order chi connectivity index (χ1) is 13.1. The summed E-state index contributed by atoms with van der Waals surface area (Å²) >= 11 is 7.62. The molecular weight excluding hydrogens is 378 g/mol. The highest BCUT2D eigenvalue weighted by Gasteiger charge is 2.10. The van der Waals surface area contributed by atoms with E-state index in [0.717, 1.165) is 39.2 Å². The molecule has 4 nitrogen and oxygen atoms in total. The molecule has 1 aromatic heterocycles. The van der Waals surface area contributed by atoms with Crippen molar-refractivity contribution in [3.8, 4) is 0 Å². The van der Waals surface area contributed by atoms with E-state index in [2.05, 4.69) is 22.5 Å². The maximum Gasteiger partial charge on any atom is 0.225 e. The number of aromatic nitrogens is 2. The first-order valence-corrected chi connectivity index (χ1v) is 10.2. The molecule has 0 saturated heterocycles. The highest BCUT2D eigenvalue weighted by Crippen LogP contribution is 2.21. The zero-order valence-corrected chi connectivity index (χ0v) is 16.8. The first-order valence-electron chi connectivity index (χ1n) is 8.87. The van der Waals surface area contributed by atoms with Crippen molar-refractivity contribution in [2.24, 2.45) is 0 Å². The third kappa shape index (κ3) is 6.15. The summed E-state index contributed by atoms with van der Waals surface area (Å²) in [5.74, 6) is 1.64. The smallest absolute Gasteiger partial charge is 0.225 e. The molecule has 0 saturated carbocycles. The van der Waals surface area contributed by atoms with Gasteiger partial charge in [0.15, 0.2) is 0 Å². The van der Waals surface area contributed by atoms with E-state index >= 15 is 0 Å². The van der Waals surface area contributed by atoms with Crippen molar-refractivity contribution in [3.63, 3.8) is 0 Å². The molecule has 0 spiro atoms. The van der Waals surface area contributed by atoms with Crippen LogP contribution in [0.4, 0.5) is 5.82 Å². The maximum absolute atomic E-state index is 12.3. The zero-order valence-electron chi connectivity index (χ0n) is 15.2. The first kappa shape index (κ1) is 19.5. The Kier molecular flexibility index (Phi) is 6.96. The predicted molar refractivity (Wildman–Crippen MR) is 113 cm³/mol. The van der Waals surface area contributed by atoms with E-state index in [-0.39, 0.29) is 5.91 Å². The minimum absolute atomic E-state index is 0.0147. The Morgan fingerprint density at radius 2 is 1.89 bits per heavy atom. The molecule has 3 rings (SSSR count). The Morgan fingerprint density at radius 1 is 1.15 bits per heavy atom. The van der Waals surface area contributed by atoms with Crippen LogP contribution in [0, 0.1) is 6.92 Å². The molecule has 0 bridgehead atoms. The SMILES string of the molecule is Cc1cc(NC(=O)CCCSc2ccc(Cl)cc2)n(Cc2ccccc2)n1. The lowest BCUT2D eigenvalue weighted by atomic mass is 10.2.